The molecule has 0 amide bonds. The van der Waals surface area contributed by atoms with E-state index in [9.17, 15) is 17.6 Å². The molecule has 0 unspecified atom stereocenters. The third kappa shape index (κ3) is 1.66. The summed E-state index contributed by atoms with van der Waals surface area (Å²) in [7, 11) is 0. The van der Waals surface area contributed by atoms with Crippen LogP contribution in [0.4, 0.5) is 23.2 Å². The molecule has 2 nitrogen and oxygen atoms in total. The summed E-state index contributed by atoms with van der Waals surface area (Å²) in [5, 5.41) is 8.83. The van der Waals surface area contributed by atoms with E-state index in [1.165, 1.54) is 0 Å². The third-order valence-electron chi connectivity index (χ3n) is 1.44. The first-order valence-electron chi connectivity index (χ1n) is 3.18. The van der Waals surface area contributed by atoms with Gasteiger partial charge in [-0.05, 0) is 12.1 Å². The zero-order valence-corrected chi connectivity index (χ0v) is 6.19. The van der Waals surface area contributed by atoms with E-state index in [2.05, 4.69) is 0 Å². The predicted octanol–water partition coefficient (Wildman–Crippen LogP) is 2.13. The molecular weight excluding hydrogens is 190 g/mol. The molecule has 0 fully saturated rings. The lowest BCUT2D eigenvalue weighted by Crippen LogP contribution is -2.09. The van der Waals surface area contributed by atoms with Crippen LogP contribution in [0.2, 0.25) is 0 Å². The van der Waals surface area contributed by atoms with Gasteiger partial charge in [0.2, 0.25) is 0 Å². The molecule has 0 spiro atoms. The van der Waals surface area contributed by atoms with Gasteiger partial charge in [0.1, 0.15) is 11.4 Å². The van der Waals surface area contributed by atoms with Crippen LogP contribution in [-0.2, 0) is 6.18 Å². The number of rotatable bonds is 0. The van der Waals surface area contributed by atoms with Gasteiger partial charge in [-0.1, -0.05) is 0 Å². The number of aromatic hydroxyl groups is 1. The lowest BCUT2D eigenvalue weighted by Gasteiger charge is -2.10. The van der Waals surface area contributed by atoms with Crippen molar-refractivity contribution in [1.29, 1.82) is 0 Å². The molecule has 1 aromatic carbocycles. The summed E-state index contributed by atoms with van der Waals surface area (Å²) in [6.07, 6.45) is -4.94. The van der Waals surface area contributed by atoms with Gasteiger partial charge in [-0.25, -0.2) is 4.39 Å². The van der Waals surface area contributed by atoms with Crippen LogP contribution in [0.5, 0.6) is 5.75 Å². The summed E-state index contributed by atoms with van der Waals surface area (Å²) in [5.74, 6) is -2.81. The SMILES string of the molecule is Nc1ccc(F)c(C(F)(F)F)c1O. The molecule has 6 heteroatoms. The van der Waals surface area contributed by atoms with Crippen molar-refractivity contribution in [3.63, 3.8) is 0 Å². The van der Waals surface area contributed by atoms with E-state index < -0.39 is 29.0 Å². The van der Waals surface area contributed by atoms with Crippen LogP contribution < -0.4 is 5.73 Å². The molecule has 72 valence electrons. The molecule has 0 atom stereocenters. The molecule has 0 saturated carbocycles. The average molecular weight is 195 g/mol. The van der Waals surface area contributed by atoms with Gasteiger partial charge in [-0.2, -0.15) is 13.2 Å². The number of halogens is 4. The third-order valence-corrected chi connectivity index (χ3v) is 1.44. The van der Waals surface area contributed by atoms with Crippen LogP contribution in [0.25, 0.3) is 0 Å². The van der Waals surface area contributed by atoms with Gasteiger partial charge in [0.05, 0.1) is 5.69 Å². The number of hydrogen-bond donors (Lipinski definition) is 2. The Morgan fingerprint density at radius 3 is 2.15 bits per heavy atom. The second kappa shape index (κ2) is 2.79. The maximum absolute atomic E-state index is 12.6. The van der Waals surface area contributed by atoms with Crippen LogP contribution in [0.1, 0.15) is 5.56 Å². The van der Waals surface area contributed by atoms with Crippen molar-refractivity contribution in [2.24, 2.45) is 0 Å². The highest BCUT2D eigenvalue weighted by atomic mass is 19.4. The van der Waals surface area contributed by atoms with Gasteiger partial charge < -0.3 is 10.8 Å². The Hall–Kier alpha value is -1.46. The molecule has 0 saturated heterocycles. The highest BCUT2D eigenvalue weighted by molar-refractivity contribution is 5.57. The number of alkyl halides is 3. The molecule has 0 radical (unpaired) electrons. The highest BCUT2D eigenvalue weighted by Crippen LogP contribution is 2.40. The summed E-state index contributed by atoms with van der Waals surface area (Å²) < 4.78 is 48.7. The van der Waals surface area contributed by atoms with Gasteiger partial charge in [0.25, 0.3) is 0 Å². The predicted molar refractivity (Wildman–Crippen MR) is 37.5 cm³/mol. The molecule has 13 heavy (non-hydrogen) atoms. The quantitative estimate of drug-likeness (QED) is 0.378. The molecule has 0 heterocycles. The molecule has 1 rings (SSSR count). The van der Waals surface area contributed by atoms with Crippen molar-refractivity contribution in [2.75, 3.05) is 5.73 Å². The monoisotopic (exact) mass is 195 g/mol. The summed E-state index contributed by atoms with van der Waals surface area (Å²) in [5.41, 5.74) is 2.73. The van der Waals surface area contributed by atoms with Crippen LogP contribution >= 0.6 is 0 Å². The minimum Gasteiger partial charge on any atom is -0.505 e. The van der Waals surface area contributed by atoms with Crippen LogP contribution in [0.3, 0.4) is 0 Å². The Kier molecular flexibility index (Phi) is 2.07. The number of benzene rings is 1. The van der Waals surface area contributed by atoms with E-state index in [0.717, 1.165) is 6.07 Å². The van der Waals surface area contributed by atoms with Gasteiger partial charge in [-0.15, -0.1) is 0 Å². The highest BCUT2D eigenvalue weighted by Gasteiger charge is 2.38. The van der Waals surface area contributed by atoms with Crippen LogP contribution in [-0.4, -0.2) is 5.11 Å². The molecule has 1 aromatic rings. The van der Waals surface area contributed by atoms with Gasteiger partial charge in [0, 0.05) is 0 Å². The lowest BCUT2D eigenvalue weighted by molar-refractivity contribution is -0.141. The van der Waals surface area contributed by atoms with Crippen molar-refractivity contribution < 1.29 is 22.7 Å². The molecule has 3 N–H and O–H groups in total. The maximum Gasteiger partial charge on any atom is 0.422 e. The van der Waals surface area contributed by atoms with E-state index in [1.807, 2.05) is 0 Å². The normalized spacial score (nSPS) is 11.7. The van der Waals surface area contributed by atoms with E-state index in [1.54, 1.807) is 0 Å². The Bertz CT molecular complexity index is 334. The topological polar surface area (TPSA) is 46.2 Å². The maximum atomic E-state index is 12.6. The Balaban J connectivity index is 3.43. The van der Waals surface area contributed by atoms with Gasteiger partial charge in [-0.3, -0.25) is 0 Å². The van der Waals surface area contributed by atoms with E-state index in [0.29, 0.717) is 6.07 Å². The first-order valence-corrected chi connectivity index (χ1v) is 3.18. The Morgan fingerprint density at radius 2 is 1.77 bits per heavy atom. The number of nitrogen functional groups attached to an aromatic ring is 1. The first kappa shape index (κ1) is 9.63. The second-order valence-corrected chi connectivity index (χ2v) is 2.36. The molecule has 0 aliphatic rings. The average Bonchev–Trinajstić information content (AvgIpc) is 1.95. The largest absolute Gasteiger partial charge is 0.505 e. The van der Waals surface area contributed by atoms with E-state index in [4.69, 9.17) is 10.8 Å². The minimum absolute atomic E-state index is 0.506. The van der Waals surface area contributed by atoms with Gasteiger partial charge >= 0.3 is 6.18 Å². The lowest BCUT2D eigenvalue weighted by atomic mass is 10.1. The van der Waals surface area contributed by atoms with Crippen molar-refractivity contribution in [1.82, 2.24) is 0 Å². The Labute approximate surface area is 70.6 Å². The smallest absolute Gasteiger partial charge is 0.422 e. The van der Waals surface area contributed by atoms with Crippen LogP contribution in [0, 0.1) is 5.82 Å². The van der Waals surface area contributed by atoms with Crippen LogP contribution in [0.15, 0.2) is 12.1 Å². The molecular formula is C7H5F4NO. The number of phenolic OH excluding ortho intramolecular Hbond substituents is 1. The summed E-state index contributed by atoms with van der Waals surface area (Å²) in [6.45, 7) is 0. The van der Waals surface area contributed by atoms with Crippen molar-refractivity contribution in [3.8, 4) is 5.75 Å². The first-order chi connectivity index (χ1) is 5.84. The fourth-order valence-corrected chi connectivity index (χ4v) is 0.852. The molecule has 0 aromatic heterocycles. The van der Waals surface area contributed by atoms with Crippen molar-refractivity contribution >= 4 is 5.69 Å². The Morgan fingerprint density at radius 1 is 1.23 bits per heavy atom. The zero-order chi connectivity index (χ0) is 10.2. The summed E-state index contributed by atoms with van der Waals surface area (Å²) in [4.78, 5) is 0. The van der Waals surface area contributed by atoms with Crippen molar-refractivity contribution in [2.45, 2.75) is 6.18 Å². The standard InChI is InChI=1S/C7H5F4NO/c8-3-1-2-4(12)6(13)5(3)7(9,10)11/h1-2,13H,12H2. The number of nitrogens with two attached hydrogens (primary N) is 1. The summed E-state index contributed by atoms with van der Waals surface area (Å²) >= 11 is 0. The zero-order valence-electron chi connectivity index (χ0n) is 6.19. The number of phenols is 1. The molecule has 0 aliphatic heterocycles. The van der Waals surface area contributed by atoms with Gasteiger partial charge in [0.15, 0.2) is 5.75 Å². The summed E-state index contributed by atoms with van der Waals surface area (Å²) in [6, 6.07) is 1.41. The molecule has 0 bridgehead atoms. The fourth-order valence-electron chi connectivity index (χ4n) is 0.852. The number of anilines is 1. The number of hydrogen-bond acceptors (Lipinski definition) is 2. The minimum atomic E-state index is -4.94. The van der Waals surface area contributed by atoms with E-state index in [-0.39, 0.29) is 0 Å². The fraction of sp³-hybridized carbons (Fsp3) is 0.143. The molecule has 0 aliphatic carbocycles. The van der Waals surface area contributed by atoms with E-state index >= 15 is 0 Å². The second-order valence-electron chi connectivity index (χ2n) is 2.36. The van der Waals surface area contributed by atoms with Crippen molar-refractivity contribution in [3.05, 3.63) is 23.5 Å².